The molecule has 1 aromatic heterocycles. The zero-order valence-corrected chi connectivity index (χ0v) is 14.8. The van der Waals surface area contributed by atoms with Crippen molar-refractivity contribution in [3.63, 3.8) is 0 Å². The SMILES string of the molecule is Fc1ccc(-c2csc(Nc3cccc(Cc4ccccc4)c3)n2)cc1. The fraction of sp³-hybridized carbons (Fsp3) is 0.0455. The largest absolute Gasteiger partial charge is 0.332 e. The molecule has 0 atom stereocenters. The van der Waals surface area contributed by atoms with Crippen molar-refractivity contribution in [3.8, 4) is 11.3 Å². The third-order valence-electron chi connectivity index (χ3n) is 4.07. The first-order valence-electron chi connectivity index (χ1n) is 8.38. The molecule has 0 saturated carbocycles. The minimum absolute atomic E-state index is 0.238. The van der Waals surface area contributed by atoms with Gasteiger partial charge in [0.15, 0.2) is 5.13 Å². The van der Waals surface area contributed by atoms with Crippen LogP contribution in [0.1, 0.15) is 11.1 Å². The summed E-state index contributed by atoms with van der Waals surface area (Å²) in [7, 11) is 0. The van der Waals surface area contributed by atoms with Gasteiger partial charge < -0.3 is 5.32 Å². The van der Waals surface area contributed by atoms with Crippen molar-refractivity contribution in [2.24, 2.45) is 0 Å². The van der Waals surface area contributed by atoms with E-state index in [4.69, 9.17) is 0 Å². The van der Waals surface area contributed by atoms with Crippen LogP contribution in [0.3, 0.4) is 0 Å². The number of thiazole rings is 1. The number of benzene rings is 3. The highest BCUT2D eigenvalue weighted by Crippen LogP contribution is 2.27. The number of nitrogens with zero attached hydrogens (tertiary/aromatic N) is 1. The summed E-state index contributed by atoms with van der Waals surface area (Å²) in [6, 6.07) is 25.2. The first kappa shape index (κ1) is 16.5. The molecule has 1 N–H and O–H groups in total. The van der Waals surface area contributed by atoms with Crippen LogP contribution in [0.25, 0.3) is 11.3 Å². The van der Waals surface area contributed by atoms with Gasteiger partial charge in [0.1, 0.15) is 5.82 Å². The van der Waals surface area contributed by atoms with Gasteiger partial charge in [-0.1, -0.05) is 42.5 Å². The van der Waals surface area contributed by atoms with Gasteiger partial charge in [-0.3, -0.25) is 0 Å². The van der Waals surface area contributed by atoms with Crippen molar-refractivity contribution < 1.29 is 4.39 Å². The maximum absolute atomic E-state index is 13.1. The fourth-order valence-electron chi connectivity index (χ4n) is 2.80. The van der Waals surface area contributed by atoms with Gasteiger partial charge in [-0.15, -0.1) is 11.3 Å². The molecule has 1 heterocycles. The predicted molar refractivity (Wildman–Crippen MR) is 106 cm³/mol. The normalized spacial score (nSPS) is 10.7. The van der Waals surface area contributed by atoms with E-state index in [1.54, 1.807) is 12.1 Å². The Hall–Kier alpha value is -2.98. The highest BCUT2D eigenvalue weighted by atomic mass is 32.1. The maximum atomic E-state index is 13.1. The van der Waals surface area contributed by atoms with Gasteiger partial charge >= 0.3 is 0 Å². The van der Waals surface area contributed by atoms with E-state index in [2.05, 4.69) is 52.8 Å². The molecule has 4 rings (SSSR count). The van der Waals surface area contributed by atoms with Crippen LogP contribution in [0.4, 0.5) is 15.2 Å². The van der Waals surface area contributed by atoms with Crippen molar-refractivity contribution in [3.05, 3.63) is 101 Å². The van der Waals surface area contributed by atoms with Crippen molar-refractivity contribution in [2.45, 2.75) is 6.42 Å². The molecule has 3 aromatic carbocycles. The topological polar surface area (TPSA) is 24.9 Å². The van der Waals surface area contributed by atoms with E-state index < -0.39 is 0 Å². The number of halogens is 1. The average Bonchev–Trinajstić information content (AvgIpc) is 3.12. The Morgan fingerprint density at radius 2 is 1.62 bits per heavy atom. The molecule has 0 unspecified atom stereocenters. The number of hydrogen-bond donors (Lipinski definition) is 1. The molecule has 4 aromatic rings. The van der Waals surface area contributed by atoms with Gasteiger partial charge in [-0.2, -0.15) is 0 Å². The number of hydrogen-bond acceptors (Lipinski definition) is 3. The van der Waals surface area contributed by atoms with Crippen LogP contribution in [0, 0.1) is 5.82 Å². The van der Waals surface area contributed by atoms with Crippen LogP contribution in [0.5, 0.6) is 0 Å². The van der Waals surface area contributed by atoms with Crippen LogP contribution in [-0.4, -0.2) is 4.98 Å². The Balaban J connectivity index is 1.49. The Morgan fingerprint density at radius 3 is 2.42 bits per heavy atom. The fourth-order valence-corrected chi connectivity index (χ4v) is 3.54. The average molecular weight is 360 g/mol. The quantitative estimate of drug-likeness (QED) is 0.453. The van der Waals surface area contributed by atoms with Gasteiger partial charge in [0, 0.05) is 16.6 Å². The Bertz CT molecular complexity index is 994. The minimum Gasteiger partial charge on any atom is -0.332 e. The molecule has 0 spiro atoms. The van der Waals surface area contributed by atoms with Gasteiger partial charge in [-0.05, 0) is 53.9 Å². The summed E-state index contributed by atoms with van der Waals surface area (Å²) >= 11 is 1.54. The van der Waals surface area contributed by atoms with Crippen LogP contribution >= 0.6 is 11.3 Å². The van der Waals surface area contributed by atoms with Crippen molar-refractivity contribution in [1.29, 1.82) is 0 Å². The summed E-state index contributed by atoms with van der Waals surface area (Å²) in [5.74, 6) is -0.238. The molecule has 0 aliphatic carbocycles. The molecule has 0 fully saturated rings. The Labute approximate surface area is 156 Å². The number of anilines is 2. The van der Waals surface area contributed by atoms with Gasteiger partial charge in [0.2, 0.25) is 0 Å². The molecule has 0 bridgehead atoms. The van der Waals surface area contributed by atoms with E-state index >= 15 is 0 Å². The van der Waals surface area contributed by atoms with E-state index in [0.29, 0.717) is 0 Å². The van der Waals surface area contributed by atoms with E-state index in [-0.39, 0.29) is 5.82 Å². The van der Waals surface area contributed by atoms with Crippen LogP contribution in [0.15, 0.2) is 84.2 Å². The highest BCUT2D eigenvalue weighted by Gasteiger charge is 2.06. The first-order valence-corrected chi connectivity index (χ1v) is 9.25. The third-order valence-corrected chi connectivity index (χ3v) is 4.83. The molecule has 26 heavy (non-hydrogen) atoms. The monoisotopic (exact) mass is 360 g/mol. The maximum Gasteiger partial charge on any atom is 0.187 e. The van der Waals surface area contributed by atoms with Gasteiger partial charge in [0.25, 0.3) is 0 Å². The van der Waals surface area contributed by atoms with Crippen molar-refractivity contribution >= 4 is 22.2 Å². The number of aromatic nitrogens is 1. The van der Waals surface area contributed by atoms with E-state index in [1.165, 1.54) is 34.6 Å². The van der Waals surface area contributed by atoms with Crippen molar-refractivity contribution in [2.75, 3.05) is 5.32 Å². The lowest BCUT2D eigenvalue weighted by Gasteiger charge is -2.06. The summed E-state index contributed by atoms with van der Waals surface area (Å²) in [5.41, 5.74) is 5.30. The second-order valence-electron chi connectivity index (χ2n) is 6.03. The molecule has 4 heteroatoms. The zero-order chi connectivity index (χ0) is 17.8. The van der Waals surface area contributed by atoms with Crippen LogP contribution in [0.2, 0.25) is 0 Å². The summed E-state index contributed by atoms with van der Waals surface area (Å²) in [4.78, 5) is 4.60. The summed E-state index contributed by atoms with van der Waals surface area (Å²) < 4.78 is 13.1. The smallest absolute Gasteiger partial charge is 0.187 e. The summed E-state index contributed by atoms with van der Waals surface area (Å²) in [5, 5.41) is 6.16. The summed E-state index contributed by atoms with van der Waals surface area (Å²) in [6.07, 6.45) is 0.898. The lowest BCUT2D eigenvalue weighted by atomic mass is 10.0. The Kier molecular flexibility index (Phi) is 4.75. The first-order chi connectivity index (χ1) is 12.8. The molecule has 128 valence electrons. The van der Waals surface area contributed by atoms with E-state index in [0.717, 1.165) is 28.5 Å². The Morgan fingerprint density at radius 1 is 0.846 bits per heavy atom. The number of nitrogens with one attached hydrogen (secondary N) is 1. The molecule has 0 aliphatic heterocycles. The molecule has 0 saturated heterocycles. The predicted octanol–water partition coefficient (Wildman–Crippen LogP) is 6.28. The van der Waals surface area contributed by atoms with Gasteiger partial charge in [-0.25, -0.2) is 9.37 Å². The van der Waals surface area contributed by atoms with E-state index in [1.807, 2.05) is 17.5 Å². The highest BCUT2D eigenvalue weighted by molar-refractivity contribution is 7.14. The zero-order valence-electron chi connectivity index (χ0n) is 14.0. The molecular formula is C22H17FN2S. The lowest BCUT2D eigenvalue weighted by Crippen LogP contribution is -1.93. The molecular weight excluding hydrogens is 343 g/mol. The molecule has 0 radical (unpaired) electrons. The summed E-state index contributed by atoms with van der Waals surface area (Å²) in [6.45, 7) is 0. The third kappa shape index (κ3) is 3.98. The molecule has 0 amide bonds. The van der Waals surface area contributed by atoms with Crippen molar-refractivity contribution in [1.82, 2.24) is 4.98 Å². The van der Waals surface area contributed by atoms with Crippen LogP contribution in [-0.2, 0) is 6.42 Å². The molecule has 2 nitrogen and oxygen atoms in total. The minimum atomic E-state index is -0.238. The van der Waals surface area contributed by atoms with E-state index in [9.17, 15) is 4.39 Å². The van der Waals surface area contributed by atoms with Gasteiger partial charge in [0.05, 0.1) is 5.69 Å². The molecule has 0 aliphatic rings. The second kappa shape index (κ2) is 7.50. The standard InChI is InChI=1S/C22H17FN2S/c23-19-11-9-18(10-12-19)21-15-26-22(25-21)24-20-8-4-7-17(14-20)13-16-5-2-1-3-6-16/h1-12,14-15H,13H2,(H,24,25). The lowest BCUT2D eigenvalue weighted by molar-refractivity contribution is 0.628. The number of rotatable bonds is 5. The van der Waals surface area contributed by atoms with Crippen LogP contribution < -0.4 is 5.32 Å². The second-order valence-corrected chi connectivity index (χ2v) is 6.89.